The van der Waals surface area contributed by atoms with E-state index in [-0.39, 0.29) is 0 Å². The van der Waals surface area contributed by atoms with Crippen molar-refractivity contribution in [2.75, 3.05) is 5.32 Å². The van der Waals surface area contributed by atoms with Gasteiger partial charge < -0.3 is 10.1 Å². The number of allylic oxidation sites excluding steroid dienone is 1. The van der Waals surface area contributed by atoms with Crippen LogP contribution in [0, 0.1) is 6.92 Å². The Bertz CT molecular complexity index is 1100. The Balaban J connectivity index is 1.37. The van der Waals surface area contributed by atoms with Crippen LogP contribution in [-0.2, 0) is 13.0 Å². The Morgan fingerprint density at radius 2 is 1.57 bits per heavy atom. The maximum atomic E-state index is 5.87. The van der Waals surface area contributed by atoms with Crippen molar-refractivity contribution in [3.8, 4) is 11.4 Å². The first-order chi connectivity index (χ1) is 14.7. The third-order valence-corrected chi connectivity index (χ3v) is 4.73. The first-order valence-electron chi connectivity index (χ1n) is 10.00. The van der Waals surface area contributed by atoms with Gasteiger partial charge in [-0.05, 0) is 42.3 Å². The van der Waals surface area contributed by atoms with Gasteiger partial charge >= 0.3 is 0 Å². The lowest BCUT2D eigenvalue weighted by Crippen LogP contribution is -2.07. The Hall–Kier alpha value is -3.79. The number of nitrogens with one attached hydrogen (secondary N) is 1. The molecule has 0 unspecified atom stereocenters. The van der Waals surface area contributed by atoms with Gasteiger partial charge in [-0.15, -0.1) is 0 Å². The summed E-state index contributed by atoms with van der Waals surface area (Å²) in [7, 11) is 0. The minimum absolute atomic E-state index is 0.567. The standard InChI is InChI=1S/C26H25N3O/c1-20(27-26-18-21(2)28-29(26)24-11-7-4-8-12-24)17-22-13-15-25(16-14-22)30-19-23-9-5-3-6-10-23/h3-16,18,27H,1,17,19H2,2H3. The molecule has 0 spiro atoms. The largest absolute Gasteiger partial charge is 0.489 e. The van der Waals surface area contributed by atoms with Crippen LogP contribution in [0.25, 0.3) is 5.69 Å². The normalized spacial score (nSPS) is 10.6. The van der Waals surface area contributed by atoms with E-state index in [1.807, 2.05) is 78.3 Å². The Labute approximate surface area is 177 Å². The summed E-state index contributed by atoms with van der Waals surface area (Å²) < 4.78 is 7.77. The second-order valence-electron chi connectivity index (χ2n) is 7.24. The predicted octanol–water partition coefficient (Wildman–Crippen LogP) is 5.93. The first kappa shape index (κ1) is 19.5. The number of benzene rings is 3. The monoisotopic (exact) mass is 395 g/mol. The lowest BCUT2D eigenvalue weighted by molar-refractivity contribution is 0.306. The van der Waals surface area contributed by atoms with Gasteiger partial charge in [0.1, 0.15) is 18.2 Å². The highest BCUT2D eigenvalue weighted by atomic mass is 16.5. The van der Waals surface area contributed by atoms with Crippen molar-refractivity contribution < 1.29 is 4.74 Å². The highest BCUT2D eigenvalue weighted by Gasteiger charge is 2.09. The molecule has 0 aliphatic heterocycles. The average molecular weight is 396 g/mol. The van der Waals surface area contributed by atoms with Crippen molar-refractivity contribution in [3.63, 3.8) is 0 Å². The van der Waals surface area contributed by atoms with E-state index >= 15 is 0 Å². The van der Waals surface area contributed by atoms with Crippen molar-refractivity contribution in [1.82, 2.24) is 9.78 Å². The molecule has 4 rings (SSSR count). The van der Waals surface area contributed by atoms with E-state index in [0.717, 1.165) is 40.6 Å². The second-order valence-corrected chi connectivity index (χ2v) is 7.24. The van der Waals surface area contributed by atoms with Crippen LogP contribution in [0.5, 0.6) is 5.75 Å². The van der Waals surface area contributed by atoms with Crippen LogP contribution in [0.2, 0.25) is 0 Å². The van der Waals surface area contributed by atoms with Gasteiger partial charge in [-0.3, -0.25) is 0 Å². The number of aryl methyl sites for hydroxylation is 1. The van der Waals surface area contributed by atoms with Crippen LogP contribution in [0.1, 0.15) is 16.8 Å². The average Bonchev–Trinajstić information content (AvgIpc) is 3.14. The van der Waals surface area contributed by atoms with Crippen LogP contribution in [0.15, 0.2) is 103 Å². The Kier molecular flexibility index (Phi) is 5.95. The summed E-state index contributed by atoms with van der Waals surface area (Å²) in [5.41, 5.74) is 5.20. The van der Waals surface area contributed by atoms with Crippen molar-refractivity contribution in [2.24, 2.45) is 0 Å². The molecular weight excluding hydrogens is 370 g/mol. The van der Waals surface area contributed by atoms with Gasteiger partial charge in [0.25, 0.3) is 0 Å². The molecule has 0 bridgehead atoms. The fourth-order valence-corrected chi connectivity index (χ4v) is 3.27. The first-order valence-corrected chi connectivity index (χ1v) is 10.00. The molecule has 1 N–H and O–H groups in total. The molecule has 0 fully saturated rings. The van der Waals surface area contributed by atoms with E-state index in [4.69, 9.17) is 4.74 Å². The van der Waals surface area contributed by atoms with Gasteiger partial charge in [-0.1, -0.05) is 67.2 Å². The summed E-state index contributed by atoms with van der Waals surface area (Å²) in [6.45, 7) is 6.76. The summed E-state index contributed by atoms with van der Waals surface area (Å²) >= 11 is 0. The smallest absolute Gasteiger partial charge is 0.134 e. The summed E-state index contributed by atoms with van der Waals surface area (Å²) in [5.74, 6) is 1.77. The Morgan fingerprint density at radius 3 is 2.27 bits per heavy atom. The zero-order chi connectivity index (χ0) is 20.8. The van der Waals surface area contributed by atoms with Gasteiger partial charge in [-0.2, -0.15) is 5.10 Å². The number of ether oxygens (including phenoxy) is 1. The summed E-state index contributed by atoms with van der Waals surface area (Å²) in [6, 6.07) is 30.4. The van der Waals surface area contributed by atoms with Crippen molar-refractivity contribution in [3.05, 3.63) is 120 Å². The van der Waals surface area contributed by atoms with Crippen molar-refractivity contribution >= 4 is 5.82 Å². The number of hydrogen-bond donors (Lipinski definition) is 1. The van der Waals surface area contributed by atoms with Crippen LogP contribution in [-0.4, -0.2) is 9.78 Å². The molecule has 150 valence electrons. The van der Waals surface area contributed by atoms with E-state index in [2.05, 4.69) is 41.3 Å². The second kappa shape index (κ2) is 9.14. The molecule has 0 aliphatic carbocycles. The molecule has 0 atom stereocenters. The summed E-state index contributed by atoms with van der Waals surface area (Å²) in [4.78, 5) is 0. The highest BCUT2D eigenvalue weighted by molar-refractivity contribution is 5.50. The molecule has 4 nitrogen and oxygen atoms in total. The number of anilines is 1. The van der Waals surface area contributed by atoms with Crippen molar-refractivity contribution in [1.29, 1.82) is 0 Å². The molecule has 1 aromatic heterocycles. The lowest BCUT2D eigenvalue weighted by Gasteiger charge is -2.12. The van der Waals surface area contributed by atoms with Gasteiger partial charge in [-0.25, -0.2) is 4.68 Å². The molecular formula is C26H25N3O. The topological polar surface area (TPSA) is 39.1 Å². The maximum absolute atomic E-state index is 5.87. The van der Waals surface area contributed by atoms with E-state index in [1.165, 1.54) is 5.56 Å². The number of para-hydroxylation sites is 1. The zero-order valence-electron chi connectivity index (χ0n) is 17.1. The summed E-state index contributed by atoms with van der Waals surface area (Å²) in [5, 5.41) is 8.01. The number of aromatic nitrogens is 2. The van der Waals surface area contributed by atoms with Crippen LogP contribution in [0.3, 0.4) is 0 Å². The molecule has 4 aromatic rings. The van der Waals surface area contributed by atoms with Crippen LogP contribution in [0.4, 0.5) is 5.82 Å². The molecule has 30 heavy (non-hydrogen) atoms. The molecule has 3 aromatic carbocycles. The fraction of sp³-hybridized carbons (Fsp3) is 0.115. The van der Waals surface area contributed by atoms with E-state index in [9.17, 15) is 0 Å². The SMILES string of the molecule is C=C(Cc1ccc(OCc2ccccc2)cc1)Nc1cc(C)nn1-c1ccccc1. The lowest BCUT2D eigenvalue weighted by atomic mass is 10.1. The van der Waals surface area contributed by atoms with E-state index in [0.29, 0.717) is 6.61 Å². The number of rotatable bonds is 8. The van der Waals surface area contributed by atoms with Crippen molar-refractivity contribution in [2.45, 2.75) is 20.0 Å². The third-order valence-electron chi connectivity index (χ3n) is 4.73. The van der Waals surface area contributed by atoms with Gasteiger partial charge in [0.15, 0.2) is 0 Å². The minimum Gasteiger partial charge on any atom is -0.489 e. The molecule has 1 heterocycles. The van der Waals surface area contributed by atoms with Gasteiger partial charge in [0.05, 0.1) is 11.4 Å². The molecule has 0 saturated heterocycles. The van der Waals surface area contributed by atoms with Gasteiger partial charge in [0, 0.05) is 18.2 Å². The molecule has 0 saturated carbocycles. The highest BCUT2D eigenvalue weighted by Crippen LogP contribution is 2.20. The maximum Gasteiger partial charge on any atom is 0.134 e. The fourth-order valence-electron chi connectivity index (χ4n) is 3.27. The van der Waals surface area contributed by atoms with E-state index in [1.54, 1.807) is 0 Å². The molecule has 0 radical (unpaired) electrons. The molecule has 0 amide bonds. The zero-order valence-corrected chi connectivity index (χ0v) is 17.1. The molecule has 0 aliphatic rings. The van der Waals surface area contributed by atoms with Crippen LogP contribution >= 0.6 is 0 Å². The minimum atomic E-state index is 0.567. The third kappa shape index (κ3) is 4.97. The number of nitrogens with zero attached hydrogens (tertiary/aromatic N) is 2. The predicted molar refractivity (Wildman–Crippen MR) is 122 cm³/mol. The summed E-state index contributed by atoms with van der Waals surface area (Å²) in [6.07, 6.45) is 0.720. The molecule has 4 heteroatoms. The quantitative estimate of drug-likeness (QED) is 0.402. The van der Waals surface area contributed by atoms with Gasteiger partial charge in [0.2, 0.25) is 0 Å². The van der Waals surface area contributed by atoms with Crippen LogP contribution < -0.4 is 10.1 Å². The van der Waals surface area contributed by atoms with E-state index < -0.39 is 0 Å². The Morgan fingerprint density at radius 1 is 0.900 bits per heavy atom. The number of hydrogen-bond acceptors (Lipinski definition) is 3.